The van der Waals surface area contributed by atoms with Crippen LogP contribution >= 0.6 is 11.3 Å². The Morgan fingerprint density at radius 1 is 1.47 bits per heavy atom. The first-order chi connectivity index (χ1) is 9.16. The van der Waals surface area contributed by atoms with Gasteiger partial charge in [-0.1, -0.05) is 0 Å². The largest absolute Gasteiger partial charge is 0.313 e. The van der Waals surface area contributed by atoms with E-state index in [0.717, 1.165) is 0 Å². The molecule has 0 aliphatic carbocycles. The van der Waals surface area contributed by atoms with Crippen molar-refractivity contribution in [3.05, 3.63) is 39.4 Å². The highest BCUT2D eigenvalue weighted by atomic mass is 32.1. The van der Waals surface area contributed by atoms with E-state index in [1.807, 2.05) is 0 Å². The molecule has 0 spiro atoms. The standard InChI is InChI=1S/C11H9N5O2S/c1-5-7-9(17)12-4-13-11(7)19-8(5)10(18)15-6-2-3-14-16-6/h2-4H,1H3,(H,12,13,17)(H2,14,15,16,18). The van der Waals surface area contributed by atoms with E-state index in [2.05, 4.69) is 25.5 Å². The van der Waals surface area contributed by atoms with Crippen LogP contribution in [0.1, 0.15) is 15.2 Å². The molecule has 3 heterocycles. The summed E-state index contributed by atoms with van der Waals surface area (Å²) in [5.41, 5.74) is 0.394. The highest BCUT2D eigenvalue weighted by molar-refractivity contribution is 7.20. The third kappa shape index (κ3) is 1.91. The number of hydrogen-bond acceptors (Lipinski definition) is 5. The number of anilines is 1. The summed E-state index contributed by atoms with van der Waals surface area (Å²) >= 11 is 1.19. The average molecular weight is 275 g/mol. The first kappa shape index (κ1) is 11.6. The molecule has 0 aromatic carbocycles. The Bertz CT molecular complexity index is 802. The molecule has 96 valence electrons. The highest BCUT2D eigenvalue weighted by Crippen LogP contribution is 2.26. The number of nitrogens with zero attached hydrogens (tertiary/aromatic N) is 2. The van der Waals surface area contributed by atoms with E-state index in [4.69, 9.17) is 0 Å². The minimum absolute atomic E-state index is 0.237. The van der Waals surface area contributed by atoms with Crippen molar-refractivity contribution in [3.63, 3.8) is 0 Å². The smallest absolute Gasteiger partial charge is 0.267 e. The molecule has 0 atom stereocenters. The summed E-state index contributed by atoms with van der Waals surface area (Å²) in [5.74, 6) is 0.216. The van der Waals surface area contributed by atoms with Crippen LogP contribution in [0, 0.1) is 6.92 Å². The topological polar surface area (TPSA) is 104 Å². The quantitative estimate of drug-likeness (QED) is 0.655. The fourth-order valence-electron chi connectivity index (χ4n) is 1.80. The second-order valence-electron chi connectivity index (χ2n) is 3.89. The first-order valence-corrected chi connectivity index (χ1v) is 6.26. The number of carbonyl (C=O) groups excluding carboxylic acids is 1. The monoisotopic (exact) mass is 275 g/mol. The number of carbonyl (C=O) groups is 1. The molecule has 0 fully saturated rings. The fourth-order valence-corrected chi connectivity index (χ4v) is 2.84. The van der Waals surface area contributed by atoms with Crippen molar-refractivity contribution >= 4 is 33.3 Å². The molecule has 3 rings (SSSR count). The number of aryl methyl sites for hydroxylation is 1. The van der Waals surface area contributed by atoms with E-state index in [1.54, 1.807) is 19.2 Å². The SMILES string of the molecule is Cc1c(C(=O)Nc2ccn[nH]2)sc2nc[nH]c(=O)c12. The van der Waals surface area contributed by atoms with Crippen molar-refractivity contribution in [3.8, 4) is 0 Å². The Hall–Kier alpha value is -2.48. The van der Waals surface area contributed by atoms with Gasteiger partial charge in [-0.3, -0.25) is 14.7 Å². The Labute approximate surface area is 110 Å². The first-order valence-electron chi connectivity index (χ1n) is 5.44. The second-order valence-corrected chi connectivity index (χ2v) is 4.89. The third-order valence-corrected chi connectivity index (χ3v) is 3.89. The zero-order valence-electron chi connectivity index (χ0n) is 9.85. The molecule has 19 heavy (non-hydrogen) atoms. The minimum atomic E-state index is -0.288. The van der Waals surface area contributed by atoms with Crippen molar-refractivity contribution in [2.75, 3.05) is 5.32 Å². The van der Waals surface area contributed by atoms with E-state index < -0.39 is 0 Å². The van der Waals surface area contributed by atoms with Gasteiger partial charge in [0.05, 0.1) is 22.8 Å². The van der Waals surface area contributed by atoms with Gasteiger partial charge in [0, 0.05) is 6.07 Å². The lowest BCUT2D eigenvalue weighted by Crippen LogP contribution is -2.12. The van der Waals surface area contributed by atoms with Gasteiger partial charge >= 0.3 is 0 Å². The molecule has 0 radical (unpaired) electrons. The van der Waals surface area contributed by atoms with Gasteiger partial charge in [0.15, 0.2) is 0 Å². The van der Waals surface area contributed by atoms with E-state index in [1.165, 1.54) is 17.7 Å². The lowest BCUT2D eigenvalue weighted by Gasteiger charge is -2.00. The number of aromatic amines is 2. The molecule has 0 aliphatic heterocycles. The van der Waals surface area contributed by atoms with Crippen LogP contribution in [0.25, 0.3) is 10.2 Å². The van der Waals surface area contributed by atoms with Gasteiger partial charge in [-0.05, 0) is 12.5 Å². The predicted octanol–water partition coefficient (Wildman–Crippen LogP) is 1.27. The summed E-state index contributed by atoms with van der Waals surface area (Å²) in [6.45, 7) is 1.73. The summed E-state index contributed by atoms with van der Waals surface area (Å²) in [6, 6.07) is 1.64. The number of rotatable bonds is 2. The van der Waals surface area contributed by atoms with Gasteiger partial charge in [0.2, 0.25) is 0 Å². The van der Waals surface area contributed by atoms with E-state index in [9.17, 15) is 9.59 Å². The Morgan fingerprint density at radius 3 is 3.00 bits per heavy atom. The van der Waals surface area contributed by atoms with Gasteiger partial charge < -0.3 is 10.3 Å². The molecule has 8 heteroatoms. The Morgan fingerprint density at radius 2 is 2.32 bits per heavy atom. The number of hydrogen-bond donors (Lipinski definition) is 3. The molecule has 0 aliphatic rings. The lowest BCUT2D eigenvalue weighted by molar-refractivity contribution is 0.102. The molecular weight excluding hydrogens is 266 g/mol. The highest BCUT2D eigenvalue weighted by Gasteiger charge is 2.18. The summed E-state index contributed by atoms with van der Waals surface area (Å²) in [4.78, 5) is 31.4. The number of nitrogens with one attached hydrogen (secondary N) is 3. The Kier molecular flexibility index (Phi) is 2.64. The van der Waals surface area contributed by atoms with Gasteiger partial charge in [-0.2, -0.15) is 5.10 Å². The number of fused-ring (bicyclic) bond motifs is 1. The van der Waals surface area contributed by atoms with E-state index in [-0.39, 0.29) is 11.5 Å². The summed E-state index contributed by atoms with van der Waals surface area (Å²) in [6.07, 6.45) is 2.87. The van der Waals surface area contributed by atoms with Gasteiger partial charge in [-0.15, -0.1) is 11.3 Å². The van der Waals surface area contributed by atoms with Crippen LogP contribution in [-0.2, 0) is 0 Å². The Balaban J connectivity index is 2.06. The maximum atomic E-state index is 12.1. The van der Waals surface area contributed by atoms with Crippen LogP contribution < -0.4 is 10.9 Å². The molecule has 0 bridgehead atoms. The van der Waals surface area contributed by atoms with Crippen LogP contribution in [0.5, 0.6) is 0 Å². The third-order valence-electron chi connectivity index (χ3n) is 2.69. The summed E-state index contributed by atoms with van der Waals surface area (Å²) in [5, 5.41) is 9.52. The van der Waals surface area contributed by atoms with E-state index in [0.29, 0.717) is 26.5 Å². The molecular formula is C11H9N5O2S. The summed E-state index contributed by atoms with van der Waals surface area (Å²) in [7, 11) is 0. The average Bonchev–Trinajstić information content (AvgIpc) is 2.98. The van der Waals surface area contributed by atoms with Crippen LogP contribution in [0.2, 0.25) is 0 Å². The lowest BCUT2D eigenvalue weighted by atomic mass is 10.2. The van der Waals surface area contributed by atoms with Crippen LogP contribution in [-0.4, -0.2) is 26.1 Å². The van der Waals surface area contributed by atoms with Gasteiger partial charge in [-0.25, -0.2) is 4.98 Å². The zero-order valence-corrected chi connectivity index (χ0v) is 10.7. The molecule has 3 aromatic heterocycles. The van der Waals surface area contributed by atoms with Crippen molar-refractivity contribution in [1.29, 1.82) is 0 Å². The molecule has 1 amide bonds. The van der Waals surface area contributed by atoms with E-state index >= 15 is 0 Å². The molecule has 3 N–H and O–H groups in total. The number of aromatic nitrogens is 4. The number of H-pyrrole nitrogens is 2. The van der Waals surface area contributed by atoms with Crippen LogP contribution in [0.3, 0.4) is 0 Å². The minimum Gasteiger partial charge on any atom is -0.313 e. The molecule has 0 unspecified atom stereocenters. The molecule has 0 saturated heterocycles. The van der Waals surface area contributed by atoms with Crippen molar-refractivity contribution < 1.29 is 4.79 Å². The second kappa shape index (κ2) is 4.32. The van der Waals surface area contributed by atoms with Crippen molar-refractivity contribution in [2.24, 2.45) is 0 Å². The number of amides is 1. The van der Waals surface area contributed by atoms with Crippen molar-refractivity contribution in [2.45, 2.75) is 6.92 Å². The van der Waals surface area contributed by atoms with Crippen LogP contribution in [0.4, 0.5) is 5.82 Å². The molecule has 0 saturated carbocycles. The predicted molar refractivity (Wildman–Crippen MR) is 71.5 cm³/mol. The van der Waals surface area contributed by atoms with Gasteiger partial charge in [0.1, 0.15) is 10.6 Å². The zero-order chi connectivity index (χ0) is 13.4. The fraction of sp³-hybridized carbons (Fsp3) is 0.0909. The van der Waals surface area contributed by atoms with Gasteiger partial charge in [0.25, 0.3) is 11.5 Å². The maximum absolute atomic E-state index is 12.1. The molecule has 3 aromatic rings. The molecule has 7 nitrogen and oxygen atoms in total. The number of thiophene rings is 1. The van der Waals surface area contributed by atoms with Crippen molar-refractivity contribution in [1.82, 2.24) is 20.2 Å². The normalized spacial score (nSPS) is 10.8. The summed E-state index contributed by atoms with van der Waals surface area (Å²) < 4.78 is 0. The van der Waals surface area contributed by atoms with Crippen LogP contribution in [0.15, 0.2) is 23.4 Å². The maximum Gasteiger partial charge on any atom is 0.267 e.